The third-order valence-electron chi connectivity index (χ3n) is 5.95. The van der Waals surface area contributed by atoms with Crippen molar-refractivity contribution < 1.29 is 18.7 Å². The summed E-state index contributed by atoms with van der Waals surface area (Å²) in [5.41, 5.74) is 0.976. The summed E-state index contributed by atoms with van der Waals surface area (Å²) in [6, 6.07) is 7.75. The second-order valence-electron chi connectivity index (χ2n) is 8.61. The Morgan fingerprint density at radius 1 is 1.16 bits per heavy atom. The lowest BCUT2D eigenvalue weighted by atomic mass is 9.44. The minimum atomic E-state index is -0.596. The van der Waals surface area contributed by atoms with Crippen molar-refractivity contribution in [2.75, 3.05) is 6.61 Å². The normalized spacial score (nSPS) is 23.3. The largest absolute Gasteiger partial charge is 0.484 e. The summed E-state index contributed by atoms with van der Waals surface area (Å²) in [7, 11) is 0. The van der Waals surface area contributed by atoms with Crippen molar-refractivity contribution in [3.05, 3.63) is 58.6 Å². The first-order chi connectivity index (χ1) is 14.8. The Bertz CT molecular complexity index is 976. The molecule has 2 amide bonds. The Hall–Kier alpha value is -2.67. The molecule has 2 bridgehead atoms. The van der Waals surface area contributed by atoms with Gasteiger partial charge in [0.2, 0.25) is 0 Å². The van der Waals surface area contributed by atoms with Crippen LogP contribution in [0.15, 0.2) is 36.5 Å². The molecule has 0 spiro atoms. The lowest BCUT2D eigenvalue weighted by Crippen LogP contribution is -2.84. The van der Waals surface area contributed by atoms with E-state index in [2.05, 4.69) is 22.5 Å². The monoisotopic (exact) mass is 445 g/mol. The molecule has 5 rings (SSSR count). The predicted octanol–water partition coefficient (Wildman–Crippen LogP) is 3.82. The summed E-state index contributed by atoms with van der Waals surface area (Å²) >= 11 is 5.63. The maximum absolute atomic E-state index is 13.4. The third kappa shape index (κ3) is 4.66. The molecule has 2 N–H and O–H groups in total. The number of nitrogens with zero attached hydrogens (tertiary/aromatic N) is 1. The van der Waals surface area contributed by atoms with Crippen LogP contribution in [-0.4, -0.2) is 34.5 Å². The van der Waals surface area contributed by atoms with Gasteiger partial charge in [-0.05, 0) is 55.9 Å². The van der Waals surface area contributed by atoms with Gasteiger partial charge in [0.15, 0.2) is 6.61 Å². The molecule has 0 aliphatic heterocycles. The van der Waals surface area contributed by atoms with E-state index >= 15 is 0 Å². The molecule has 1 aromatic heterocycles. The van der Waals surface area contributed by atoms with Crippen LogP contribution in [-0.2, 0) is 11.2 Å². The molecule has 0 atom stereocenters. The number of pyridine rings is 1. The van der Waals surface area contributed by atoms with Crippen LogP contribution < -0.4 is 15.4 Å². The van der Waals surface area contributed by atoms with Crippen molar-refractivity contribution in [3.8, 4) is 5.75 Å². The minimum absolute atomic E-state index is 0.000602. The zero-order valence-corrected chi connectivity index (χ0v) is 18.1. The molecule has 8 heteroatoms. The Labute approximate surface area is 185 Å². The van der Waals surface area contributed by atoms with Gasteiger partial charge >= 0.3 is 0 Å². The van der Waals surface area contributed by atoms with E-state index in [1.54, 1.807) is 12.3 Å². The number of carbonyl (C=O) groups is 2. The SMILES string of the molecule is CCCCc1ccc(C(=O)NC23CC(NC(=O)COc4ccc(Cl)c(F)c4)(C2)C3)nc1. The quantitative estimate of drug-likeness (QED) is 0.615. The number of aromatic nitrogens is 1. The van der Waals surface area contributed by atoms with E-state index in [-0.39, 0.29) is 40.3 Å². The van der Waals surface area contributed by atoms with Crippen molar-refractivity contribution in [2.45, 2.75) is 56.5 Å². The number of nitrogens with one attached hydrogen (secondary N) is 2. The third-order valence-corrected chi connectivity index (χ3v) is 6.26. The topological polar surface area (TPSA) is 80.3 Å². The second kappa shape index (κ2) is 8.46. The lowest BCUT2D eigenvalue weighted by Gasteiger charge is -2.70. The Morgan fingerprint density at radius 3 is 2.55 bits per heavy atom. The number of carbonyl (C=O) groups excluding carboxylic acids is 2. The standard InChI is InChI=1S/C23H25ClFN3O3/c1-2-3-4-15-5-8-19(26-10-15)21(30)28-23-12-22(13-23,14-23)27-20(29)11-31-16-6-7-17(24)18(25)9-16/h5-10H,2-4,11-14H2,1H3,(H,27,29)(H,28,30). The van der Waals surface area contributed by atoms with Gasteiger partial charge < -0.3 is 15.4 Å². The van der Waals surface area contributed by atoms with Gasteiger partial charge in [0.05, 0.1) is 5.02 Å². The Balaban J connectivity index is 1.21. The molecule has 0 saturated heterocycles. The molecule has 3 aliphatic carbocycles. The maximum Gasteiger partial charge on any atom is 0.270 e. The van der Waals surface area contributed by atoms with Gasteiger partial charge in [-0.15, -0.1) is 0 Å². The molecule has 3 fully saturated rings. The summed E-state index contributed by atoms with van der Waals surface area (Å²) in [6.07, 6.45) is 7.00. The van der Waals surface area contributed by atoms with Gasteiger partial charge in [-0.1, -0.05) is 31.0 Å². The van der Waals surface area contributed by atoms with E-state index in [9.17, 15) is 14.0 Å². The summed E-state index contributed by atoms with van der Waals surface area (Å²) in [5, 5.41) is 6.04. The van der Waals surface area contributed by atoms with Crippen molar-refractivity contribution in [1.82, 2.24) is 15.6 Å². The van der Waals surface area contributed by atoms with Crippen LogP contribution in [0, 0.1) is 5.82 Å². The van der Waals surface area contributed by atoms with Crippen LogP contribution in [0.1, 0.15) is 55.1 Å². The number of hydrogen-bond donors (Lipinski definition) is 2. The van der Waals surface area contributed by atoms with E-state index in [0.717, 1.165) is 30.9 Å². The molecule has 0 unspecified atom stereocenters. The van der Waals surface area contributed by atoms with Gasteiger partial charge in [0.25, 0.3) is 11.8 Å². The number of hydrogen-bond acceptors (Lipinski definition) is 4. The van der Waals surface area contributed by atoms with Crippen molar-refractivity contribution in [3.63, 3.8) is 0 Å². The number of benzene rings is 1. The maximum atomic E-state index is 13.4. The number of aryl methyl sites for hydroxylation is 1. The molecule has 0 radical (unpaired) electrons. The fourth-order valence-corrected chi connectivity index (χ4v) is 4.61. The molecule has 3 aliphatic rings. The van der Waals surface area contributed by atoms with Crippen molar-refractivity contribution >= 4 is 23.4 Å². The van der Waals surface area contributed by atoms with Crippen LogP contribution in [0.3, 0.4) is 0 Å². The Kier molecular flexibility index (Phi) is 5.88. The van der Waals surface area contributed by atoms with Crippen LogP contribution >= 0.6 is 11.6 Å². The molecular formula is C23H25ClFN3O3. The van der Waals surface area contributed by atoms with Gasteiger partial charge in [-0.3, -0.25) is 14.6 Å². The van der Waals surface area contributed by atoms with Gasteiger partial charge in [0.1, 0.15) is 17.3 Å². The highest BCUT2D eigenvalue weighted by Crippen LogP contribution is 2.60. The molecule has 164 valence electrons. The first-order valence-electron chi connectivity index (χ1n) is 10.5. The summed E-state index contributed by atoms with van der Waals surface area (Å²) < 4.78 is 18.8. The first-order valence-corrected chi connectivity index (χ1v) is 10.9. The summed E-state index contributed by atoms with van der Waals surface area (Å²) in [5.74, 6) is -0.817. The molecular weight excluding hydrogens is 421 g/mol. The highest BCUT2D eigenvalue weighted by Gasteiger charge is 2.69. The smallest absolute Gasteiger partial charge is 0.270 e. The predicted molar refractivity (Wildman–Crippen MR) is 115 cm³/mol. The van der Waals surface area contributed by atoms with Gasteiger partial charge in [-0.25, -0.2) is 4.39 Å². The molecule has 1 heterocycles. The number of amides is 2. The molecule has 2 aromatic rings. The number of unbranched alkanes of at least 4 members (excludes halogenated alkanes) is 1. The highest BCUT2D eigenvalue weighted by atomic mass is 35.5. The van der Waals surface area contributed by atoms with Crippen molar-refractivity contribution in [1.29, 1.82) is 0 Å². The molecule has 6 nitrogen and oxygen atoms in total. The summed E-state index contributed by atoms with van der Waals surface area (Å²) in [6.45, 7) is 1.93. The van der Waals surface area contributed by atoms with Crippen LogP contribution in [0.5, 0.6) is 5.75 Å². The van der Waals surface area contributed by atoms with E-state index in [1.165, 1.54) is 12.1 Å². The minimum Gasteiger partial charge on any atom is -0.484 e. The zero-order valence-electron chi connectivity index (χ0n) is 17.3. The second-order valence-corrected chi connectivity index (χ2v) is 9.02. The number of halogens is 2. The van der Waals surface area contributed by atoms with Gasteiger partial charge in [-0.2, -0.15) is 0 Å². The van der Waals surface area contributed by atoms with Gasteiger partial charge in [0, 0.05) is 23.3 Å². The fraction of sp³-hybridized carbons (Fsp3) is 0.435. The van der Waals surface area contributed by atoms with Crippen LogP contribution in [0.4, 0.5) is 4.39 Å². The number of ether oxygens (including phenoxy) is 1. The molecule has 1 aromatic carbocycles. The highest BCUT2D eigenvalue weighted by molar-refractivity contribution is 6.30. The molecule has 31 heavy (non-hydrogen) atoms. The van der Waals surface area contributed by atoms with Crippen molar-refractivity contribution in [2.24, 2.45) is 0 Å². The summed E-state index contributed by atoms with van der Waals surface area (Å²) in [4.78, 5) is 29.0. The number of rotatable bonds is 9. The van der Waals surface area contributed by atoms with E-state index < -0.39 is 5.82 Å². The zero-order chi connectivity index (χ0) is 22.1. The average molecular weight is 446 g/mol. The average Bonchev–Trinajstić information content (AvgIpc) is 2.71. The fourth-order valence-electron chi connectivity index (χ4n) is 4.49. The van der Waals surface area contributed by atoms with Crippen LogP contribution in [0.2, 0.25) is 5.02 Å². The lowest BCUT2D eigenvalue weighted by molar-refractivity contribution is -0.141. The molecule has 3 saturated carbocycles. The van der Waals surface area contributed by atoms with E-state index in [1.807, 2.05) is 6.07 Å². The van der Waals surface area contributed by atoms with E-state index in [0.29, 0.717) is 25.0 Å². The van der Waals surface area contributed by atoms with Crippen LogP contribution in [0.25, 0.3) is 0 Å². The first kappa shape index (κ1) is 21.6. The van der Waals surface area contributed by atoms with E-state index in [4.69, 9.17) is 16.3 Å². The Morgan fingerprint density at radius 2 is 1.90 bits per heavy atom.